The summed E-state index contributed by atoms with van der Waals surface area (Å²) in [7, 11) is 0. The van der Waals surface area contributed by atoms with Crippen LogP contribution in [-0.2, 0) is 6.54 Å². The van der Waals surface area contributed by atoms with Gasteiger partial charge in [0.1, 0.15) is 0 Å². The number of imidazole rings is 1. The van der Waals surface area contributed by atoms with Gasteiger partial charge in [-0.3, -0.25) is 9.69 Å². The Morgan fingerprint density at radius 1 is 1.08 bits per heavy atom. The minimum atomic E-state index is -0.231. The molecule has 4 aromatic rings. The second kappa shape index (κ2) is 4.82. The number of hydrogen-bond acceptors (Lipinski definition) is 5. The van der Waals surface area contributed by atoms with Crippen LogP contribution in [0.15, 0.2) is 57.7 Å². The summed E-state index contributed by atoms with van der Waals surface area (Å²) >= 11 is 0. The molecule has 0 aliphatic carbocycles. The number of fused-ring (bicyclic) bond motifs is 3. The Morgan fingerprint density at radius 3 is 2.88 bits per heavy atom. The zero-order valence-corrected chi connectivity index (χ0v) is 12.5. The quantitative estimate of drug-likeness (QED) is 0.567. The lowest BCUT2D eigenvalue weighted by Crippen LogP contribution is -2.29. The van der Waals surface area contributed by atoms with E-state index in [1.54, 1.807) is 29.4 Å². The van der Waals surface area contributed by atoms with Crippen molar-refractivity contribution in [3.05, 3.63) is 54.4 Å². The summed E-state index contributed by atoms with van der Waals surface area (Å²) < 4.78 is 12.5. The maximum Gasteiger partial charge on any atom is 0.282 e. The van der Waals surface area contributed by atoms with E-state index in [1.165, 1.54) is 0 Å². The number of aromatic nitrogens is 3. The van der Waals surface area contributed by atoms with Crippen molar-refractivity contribution in [2.24, 2.45) is 0 Å². The lowest BCUT2D eigenvalue weighted by atomic mass is 10.3. The molecule has 118 valence electrons. The third-order valence-electron chi connectivity index (χ3n) is 4.16. The van der Waals surface area contributed by atoms with Crippen LogP contribution >= 0.6 is 0 Å². The second-order valence-electron chi connectivity index (χ2n) is 5.56. The van der Waals surface area contributed by atoms with Gasteiger partial charge in [-0.15, -0.1) is 0 Å². The first kappa shape index (κ1) is 13.1. The fraction of sp³-hybridized carbons (Fsp3) is 0.118. The van der Waals surface area contributed by atoms with Crippen molar-refractivity contribution in [3.63, 3.8) is 0 Å². The van der Waals surface area contributed by atoms with Gasteiger partial charge in [0.05, 0.1) is 17.3 Å². The highest BCUT2D eigenvalue weighted by molar-refractivity contribution is 6.05. The molecule has 7 heteroatoms. The lowest BCUT2D eigenvalue weighted by molar-refractivity contribution is 0.0980. The standard InChI is InChI=1S/C17H12N4O3/c22-16(12-10-15(24-19-12)14-6-3-9-23-14)21-8-7-20-13-5-2-1-4-11(13)18-17(20)21/h1-6,9-10H,7-8H2. The van der Waals surface area contributed by atoms with Crippen LogP contribution in [-0.4, -0.2) is 27.2 Å². The molecule has 3 aromatic heterocycles. The molecule has 1 amide bonds. The van der Waals surface area contributed by atoms with Gasteiger partial charge >= 0.3 is 0 Å². The van der Waals surface area contributed by atoms with Crippen LogP contribution in [0.5, 0.6) is 0 Å². The molecular weight excluding hydrogens is 308 g/mol. The monoisotopic (exact) mass is 320 g/mol. The van der Waals surface area contributed by atoms with Crippen LogP contribution in [0.4, 0.5) is 5.95 Å². The molecule has 0 unspecified atom stereocenters. The van der Waals surface area contributed by atoms with Gasteiger partial charge in [-0.2, -0.15) is 0 Å². The summed E-state index contributed by atoms with van der Waals surface area (Å²) in [5.41, 5.74) is 2.14. The Hall–Kier alpha value is -3.35. The highest BCUT2D eigenvalue weighted by Crippen LogP contribution is 2.29. The molecule has 1 aliphatic heterocycles. The highest BCUT2D eigenvalue weighted by Gasteiger charge is 2.31. The zero-order chi connectivity index (χ0) is 16.1. The molecule has 5 rings (SSSR count). The average Bonchev–Trinajstić information content (AvgIpc) is 3.35. The molecule has 0 saturated carbocycles. The number of para-hydroxylation sites is 2. The molecule has 4 heterocycles. The number of rotatable bonds is 2. The summed E-state index contributed by atoms with van der Waals surface area (Å²) in [4.78, 5) is 19.0. The second-order valence-corrected chi connectivity index (χ2v) is 5.56. The molecular formula is C17H12N4O3. The fourth-order valence-corrected chi connectivity index (χ4v) is 3.03. The predicted molar refractivity (Wildman–Crippen MR) is 85.6 cm³/mol. The van der Waals surface area contributed by atoms with Crippen LogP contribution in [0.25, 0.3) is 22.6 Å². The van der Waals surface area contributed by atoms with Crippen LogP contribution < -0.4 is 4.90 Å². The van der Waals surface area contributed by atoms with E-state index in [0.717, 1.165) is 11.0 Å². The summed E-state index contributed by atoms with van der Waals surface area (Å²) in [5, 5.41) is 3.88. The fourth-order valence-electron chi connectivity index (χ4n) is 3.03. The van der Waals surface area contributed by atoms with Gasteiger partial charge in [0.2, 0.25) is 11.7 Å². The van der Waals surface area contributed by atoms with Gasteiger partial charge in [-0.25, -0.2) is 4.98 Å². The van der Waals surface area contributed by atoms with Crippen LogP contribution in [0.2, 0.25) is 0 Å². The number of carbonyl (C=O) groups excluding carboxylic acids is 1. The number of nitrogens with zero attached hydrogens (tertiary/aromatic N) is 4. The number of furan rings is 1. The lowest BCUT2D eigenvalue weighted by Gasteiger charge is -2.11. The zero-order valence-electron chi connectivity index (χ0n) is 12.5. The van der Waals surface area contributed by atoms with E-state index >= 15 is 0 Å². The minimum absolute atomic E-state index is 0.231. The first-order chi connectivity index (χ1) is 11.8. The van der Waals surface area contributed by atoms with Crippen LogP contribution in [0, 0.1) is 0 Å². The summed E-state index contributed by atoms with van der Waals surface area (Å²) in [6, 6.07) is 12.9. The molecule has 1 aliphatic rings. The largest absolute Gasteiger partial charge is 0.461 e. The third-order valence-corrected chi connectivity index (χ3v) is 4.16. The molecule has 7 nitrogen and oxygen atoms in total. The van der Waals surface area contributed by atoms with Crippen molar-refractivity contribution in [1.82, 2.24) is 14.7 Å². The summed E-state index contributed by atoms with van der Waals surface area (Å²) in [5.74, 6) is 1.38. The molecule has 0 radical (unpaired) electrons. The number of carbonyl (C=O) groups is 1. The van der Waals surface area contributed by atoms with Gasteiger partial charge in [0, 0.05) is 19.2 Å². The van der Waals surface area contributed by atoms with Crippen LogP contribution in [0.1, 0.15) is 10.5 Å². The molecule has 0 saturated heterocycles. The van der Waals surface area contributed by atoms with E-state index in [-0.39, 0.29) is 11.6 Å². The summed E-state index contributed by atoms with van der Waals surface area (Å²) in [6.45, 7) is 1.28. The SMILES string of the molecule is O=C(c1cc(-c2ccco2)on1)N1CCn2c1nc1ccccc12. The molecule has 0 N–H and O–H groups in total. The van der Waals surface area contributed by atoms with E-state index in [1.807, 2.05) is 28.8 Å². The van der Waals surface area contributed by atoms with Crippen molar-refractivity contribution < 1.29 is 13.7 Å². The number of hydrogen-bond donors (Lipinski definition) is 0. The van der Waals surface area contributed by atoms with Crippen molar-refractivity contribution in [1.29, 1.82) is 0 Å². The van der Waals surface area contributed by atoms with E-state index in [0.29, 0.717) is 30.6 Å². The Labute approximate surface area is 136 Å². The van der Waals surface area contributed by atoms with Gasteiger partial charge in [-0.05, 0) is 24.3 Å². The number of anilines is 1. The Balaban J connectivity index is 1.51. The van der Waals surface area contributed by atoms with Crippen molar-refractivity contribution in [2.45, 2.75) is 6.54 Å². The smallest absolute Gasteiger partial charge is 0.282 e. The molecule has 0 atom stereocenters. The van der Waals surface area contributed by atoms with E-state index in [4.69, 9.17) is 8.94 Å². The highest BCUT2D eigenvalue weighted by atomic mass is 16.5. The van der Waals surface area contributed by atoms with E-state index in [9.17, 15) is 4.79 Å². The van der Waals surface area contributed by atoms with Gasteiger partial charge in [-0.1, -0.05) is 17.3 Å². The van der Waals surface area contributed by atoms with Gasteiger partial charge < -0.3 is 13.5 Å². The molecule has 1 aromatic carbocycles. The average molecular weight is 320 g/mol. The van der Waals surface area contributed by atoms with Crippen molar-refractivity contribution in [2.75, 3.05) is 11.4 Å². The first-order valence-electron chi connectivity index (χ1n) is 7.59. The van der Waals surface area contributed by atoms with Crippen LogP contribution in [0.3, 0.4) is 0 Å². The number of amides is 1. The minimum Gasteiger partial charge on any atom is -0.461 e. The Bertz CT molecular complexity index is 1050. The topological polar surface area (TPSA) is 77.3 Å². The maximum atomic E-state index is 12.8. The van der Waals surface area contributed by atoms with Crippen molar-refractivity contribution >= 4 is 22.9 Å². The predicted octanol–water partition coefficient (Wildman–Crippen LogP) is 2.94. The van der Waals surface area contributed by atoms with Gasteiger partial charge in [0.15, 0.2) is 11.5 Å². The molecule has 0 fully saturated rings. The first-order valence-corrected chi connectivity index (χ1v) is 7.59. The third kappa shape index (κ3) is 1.81. The normalized spacial score (nSPS) is 13.6. The van der Waals surface area contributed by atoms with Gasteiger partial charge in [0.25, 0.3) is 5.91 Å². The number of benzene rings is 1. The Kier molecular flexibility index (Phi) is 2.64. The Morgan fingerprint density at radius 2 is 2.00 bits per heavy atom. The molecule has 0 bridgehead atoms. The van der Waals surface area contributed by atoms with Crippen molar-refractivity contribution in [3.8, 4) is 11.5 Å². The molecule has 24 heavy (non-hydrogen) atoms. The van der Waals surface area contributed by atoms with E-state index < -0.39 is 0 Å². The maximum absolute atomic E-state index is 12.8. The molecule has 0 spiro atoms. The summed E-state index contributed by atoms with van der Waals surface area (Å²) in [6.07, 6.45) is 1.54. The van der Waals surface area contributed by atoms with E-state index in [2.05, 4.69) is 10.1 Å².